The lowest BCUT2D eigenvalue weighted by molar-refractivity contribution is 0.141. The normalized spacial score (nSPS) is 16.1. The molecule has 21 heavy (non-hydrogen) atoms. The molecule has 2 rings (SSSR count). The number of ether oxygens (including phenoxy) is 1. The van der Waals surface area contributed by atoms with Crippen molar-refractivity contribution >= 4 is 10.0 Å². The molecule has 0 amide bonds. The van der Waals surface area contributed by atoms with Gasteiger partial charge in [-0.15, -0.1) is 0 Å². The van der Waals surface area contributed by atoms with Gasteiger partial charge in [-0.05, 0) is 44.4 Å². The second-order valence-electron chi connectivity index (χ2n) is 6.22. The molecule has 0 radical (unpaired) electrons. The van der Waals surface area contributed by atoms with E-state index in [-0.39, 0.29) is 4.90 Å². The molecule has 0 heterocycles. The van der Waals surface area contributed by atoms with E-state index in [0.717, 1.165) is 12.1 Å². The first-order valence-electron chi connectivity index (χ1n) is 7.18. The molecule has 118 valence electrons. The van der Waals surface area contributed by atoms with Gasteiger partial charge in [-0.1, -0.05) is 12.1 Å². The van der Waals surface area contributed by atoms with Gasteiger partial charge in [-0.2, -0.15) is 0 Å². The second kappa shape index (κ2) is 6.44. The van der Waals surface area contributed by atoms with Crippen LogP contribution in [0.3, 0.4) is 0 Å². The van der Waals surface area contributed by atoms with Crippen molar-refractivity contribution in [3.8, 4) is 0 Å². The fourth-order valence-electron chi connectivity index (χ4n) is 2.15. The summed E-state index contributed by atoms with van der Waals surface area (Å²) >= 11 is 0. The van der Waals surface area contributed by atoms with E-state index in [1.807, 2.05) is 12.1 Å². The standard InChI is InChI=1S/C15H24N2O3S/c1-15(2,11-20-3)17-21(18,19)14-8-4-12(5-9-14)10-16-13-6-7-13/h4-5,8-9,13,16-17H,6-7,10-11H2,1-3H3. The molecule has 1 aromatic rings. The van der Waals surface area contributed by atoms with Gasteiger partial charge < -0.3 is 10.1 Å². The van der Waals surface area contributed by atoms with Gasteiger partial charge in [0.15, 0.2) is 0 Å². The summed E-state index contributed by atoms with van der Waals surface area (Å²) < 4.78 is 32.3. The van der Waals surface area contributed by atoms with Gasteiger partial charge in [0.2, 0.25) is 10.0 Å². The van der Waals surface area contributed by atoms with Crippen molar-refractivity contribution in [3.05, 3.63) is 29.8 Å². The molecule has 0 spiro atoms. The first-order valence-corrected chi connectivity index (χ1v) is 8.66. The summed E-state index contributed by atoms with van der Waals surface area (Å²) in [5, 5.41) is 3.40. The van der Waals surface area contributed by atoms with Crippen LogP contribution >= 0.6 is 0 Å². The Labute approximate surface area is 127 Å². The van der Waals surface area contributed by atoms with Crippen LogP contribution in [-0.2, 0) is 21.3 Å². The number of hydrogen-bond donors (Lipinski definition) is 2. The largest absolute Gasteiger partial charge is 0.383 e. The number of hydrogen-bond acceptors (Lipinski definition) is 4. The van der Waals surface area contributed by atoms with Crippen molar-refractivity contribution < 1.29 is 13.2 Å². The first-order chi connectivity index (χ1) is 9.82. The van der Waals surface area contributed by atoms with Crippen LogP contribution in [0.2, 0.25) is 0 Å². The van der Waals surface area contributed by atoms with E-state index >= 15 is 0 Å². The first kappa shape index (κ1) is 16.4. The van der Waals surface area contributed by atoms with Crippen molar-refractivity contribution in [2.24, 2.45) is 0 Å². The van der Waals surface area contributed by atoms with Gasteiger partial charge in [-0.3, -0.25) is 0 Å². The minimum atomic E-state index is -3.53. The lowest BCUT2D eigenvalue weighted by Crippen LogP contribution is -2.46. The monoisotopic (exact) mass is 312 g/mol. The van der Waals surface area contributed by atoms with Crippen LogP contribution in [0.25, 0.3) is 0 Å². The zero-order valence-electron chi connectivity index (χ0n) is 12.8. The van der Waals surface area contributed by atoms with E-state index in [0.29, 0.717) is 12.6 Å². The quantitative estimate of drug-likeness (QED) is 0.766. The molecule has 6 heteroatoms. The summed E-state index contributed by atoms with van der Waals surface area (Å²) in [7, 11) is -1.97. The molecule has 1 aromatic carbocycles. The highest BCUT2D eigenvalue weighted by Crippen LogP contribution is 2.20. The van der Waals surface area contributed by atoms with Crippen molar-refractivity contribution in [2.75, 3.05) is 13.7 Å². The Bertz CT molecular complexity index is 563. The predicted octanol–water partition coefficient (Wildman–Crippen LogP) is 1.64. The molecule has 0 aliphatic heterocycles. The summed E-state index contributed by atoms with van der Waals surface area (Å²) in [6.45, 7) is 4.69. The van der Waals surface area contributed by atoms with Gasteiger partial charge in [0.1, 0.15) is 0 Å². The third kappa shape index (κ3) is 5.07. The molecule has 5 nitrogen and oxygen atoms in total. The Hall–Kier alpha value is -0.950. The van der Waals surface area contributed by atoms with Crippen molar-refractivity contribution in [1.29, 1.82) is 0 Å². The van der Waals surface area contributed by atoms with Crippen LogP contribution in [0, 0.1) is 0 Å². The van der Waals surface area contributed by atoms with Crippen LogP contribution in [0.4, 0.5) is 0 Å². The van der Waals surface area contributed by atoms with E-state index in [9.17, 15) is 8.42 Å². The lowest BCUT2D eigenvalue weighted by atomic mass is 10.1. The molecule has 2 N–H and O–H groups in total. The Morgan fingerprint density at radius 1 is 1.24 bits per heavy atom. The van der Waals surface area contributed by atoms with Crippen LogP contribution in [-0.4, -0.2) is 33.7 Å². The topological polar surface area (TPSA) is 67.4 Å². The van der Waals surface area contributed by atoms with E-state index in [2.05, 4.69) is 10.0 Å². The Balaban J connectivity index is 2.01. The van der Waals surface area contributed by atoms with E-state index in [4.69, 9.17) is 4.74 Å². The molecule has 0 aromatic heterocycles. The van der Waals surface area contributed by atoms with Crippen molar-refractivity contribution in [1.82, 2.24) is 10.0 Å². The molecule has 1 aliphatic rings. The third-order valence-electron chi connectivity index (χ3n) is 3.32. The molecular formula is C15H24N2O3S. The Kier molecular flexibility index (Phi) is 5.03. The number of rotatable bonds is 8. The van der Waals surface area contributed by atoms with Crippen LogP contribution in [0.15, 0.2) is 29.2 Å². The number of nitrogens with one attached hydrogen (secondary N) is 2. The molecule has 1 fully saturated rings. The maximum Gasteiger partial charge on any atom is 0.241 e. The van der Waals surface area contributed by atoms with Crippen LogP contribution in [0.5, 0.6) is 0 Å². The summed E-state index contributed by atoms with van der Waals surface area (Å²) in [4.78, 5) is 0.279. The molecule has 1 aliphatic carbocycles. The van der Waals surface area contributed by atoms with Gasteiger partial charge in [0.05, 0.1) is 17.0 Å². The van der Waals surface area contributed by atoms with Gasteiger partial charge >= 0.3 is 0 Å². The van der Waals surface area contributed by atoms with E-state index in [1.54, 1.807) is 33.1 Å². The molecule has 0 unspecified atom stereocenters. The maximum absolute atomic E-state index is 12.3. The fourth-order valence-corrected chi connectivity index (χ4v) is 3.55. The number of methoxy groups -OCH3 is 1. The predicted molar refractivity (Wildman–Crippen MR) is 82.6 cm³/mol. The molecule has 0 bridgehead atoms. The SMILES string of the molecule is COCC(C)(C)NS(=O)(=O)c1ccc(CNC2CC2)cc1. The summed E-state index contributed by atoms with van der Waals surface area (Å²) in [5.41, 5.74) is 0.455. The Morgan fingerprint density at radius 2 is 1.86 bits per heavy atom. The highest BCUT2D eigenvalue weighted by molar-refractivity contribution is 7.89. The van der Waals surface area contributed by atoms with Crippen molar-refractivity contribution in [2.45, 2.75) is 49.7 Å². The highest BCUT2D eigenvalue weighted by atomic mass is 32.2. The lowest BCUT2D eigenvalue weighted by Gasteiger charge is -2.24. The number of benzene rings is 1. The maximum atomic E-state index is 12.3. The van der Waals surface area contributed by atoms with Crippen molar-refractivity contribution in [3.63, 3.8) is 0 Å². The average Bonchev–Trinajstić information content (AvgIpc) is 3.19. The van der Waals surface area contributed by atoms with Gasteiger partial charge in [0, 0.05) is 19.7 Å². The highest BCUT2D eigenvalue weighted by Gasteiger charge is 2.26. The second-order valence-corrected chi connectivity index (χ2v) is 7.90. The molecule has 0 saturated heterocycles. The Morgan fingerprint density at radius 3 is 2.38 bits per heavy atom. The van der Waals surface area contributed by atoms with Crippen LogP contribution < -0.4 is 10.0 Å². The fraction of sp³-hybridized carbons (Fsp3) is 0.600. The summed E-state index contributed by atoms with van der Waals surface area (Å²) in [6.07, 6.45) is 2.48. The number of sulfonamides is 1. The van der Waals surface area contributed by atoms with Gasteiger partial charge in [0.25, 0.3) is 0 Å². The van der Waals surface area contributed by atoms with E-state index in [1.165, 1.54) is 12.8 Å². The average molecular weight is 312 g/mol. The minimum Gasteiger partial charge on any atom is -0.383 e. The van der Waals surface area contributed by atoms with Gasteiger partial charge in [-0.25, -0.2) is 13.1 Å². The summed E-state index contributed by atoms with van der Waals surface area (Å²) in [6, 6.07) is 7.65. The van der Waals surface area contributed by atoms with Crippen LogP contribution in [0.1, 0.15) is 32.3 Å². The zero-order valence-corrected chi connectivity index (χ0v) is 13.7. The zero-order chi connectivity index (χ0) is 15.5. The minimum absolute atomic E-state index is 0.279. The van der Waals surface area contributed by atoms with E-state index < -0.39 is 15.6 Å². The molecule has 1 saturated carbocycles. The molecule has 0 atom stereocenters. The molecular weight excluding hydrogens is 288 g/mol. The smallest absolute Gasteiger partial charge is 0.241 e. The third-order valence-corrected chi connectivity index (χ3v) is 5.04. The summed E-state index contributed by atoms with van der Waals surface area (Å²) in [5.74, 6) is 0.